The Bertz CT molecular complexity index is 135. The van der Waals surface area contributed by atoms with Crippen LogP contribution in [0.25, 0.3) is 0 Å². The van der Waals surface area contributed by atoms with E-state index in [0.717, 1.165) is 0 Å². The Kier molecular flexibility index (Phi) is 12.1. The molecule has 0 fully saturated rings. The quantitative estimate of drug-likeness (QED) is 0.410. The fourth-order valence-corrected chi connectivity index (χ4v) is 0.199. The molecule has 0 aliphatic rings. The number of rotatable bonds is 4. The summed E-state index contributed by atoms with van der Waals surface area (Å²) in [5.74, 6) is 0. The number of aliphatic hydroxyl groups excluding tert-OH is 3. The molecule has 6 nitrogen and oxygen atoms in total. The number of carbonyl (C=O) groups excluding carboxylic acids is 1. The molecule has 0 heterocycles. The molecule has 0 atom stereocenters. The van der Waals surface area contributed by atoms with Gasteiger partial charge >= 0.3 is 6.09 Å². The van der Waals surface area contributed by atoms with E-state index in [9.17, 15) is 4.79 Å². The van der Waals surface area contributed by atoms with Crippen LogP contribution in [0.5, 0.6) is 0 Å². The van der Waals surface area contributed by atoms with Crippen LogP contribution in [0.1, 0.15) is 0 Å². The zero-order valence-corrected chi connectivity index (χ0v) is 7.22. The van der Waals surface area contributed by atoms with Crippen molar-refractivity contribution >= 4 is 6.09 Å². The van der Waals surface area contributed by atoms with Gasteiger partial charge in [0.05, 0.1) is 13.2 Å². The first kappa shape index (κ1) is 14.4. The third kappa shape index (κ3) is 18.1. The largest absolute Gasteiger partial charge is 0.445 e. The zero-order chi connectivity index (χ0) is 10.7. The maximum absolute atomic E-state index is 9.71. The van der Waals surface area contributed by atoms with Gasteiger partial charge in [0.1, 0.15) is 12.7 Å². The van der Waals surface area contributed by atoms with Crippen molar-refractivity contribution < 1.29 is 24.9 Å². The van der Waals surface area contributed by atoms with E-state index in [1.165, 1.54) is 6.08 Å². The van der Waals surface area contributed by atoms with Crippen molar-refractivity contribution in [3.8, 4) is 0 Å². The molecule has 0 radical (unpaired) electrons. The van der Waals surface area contributed by atoms with Crippen LogP contribution in [-0.4, -0.2) is 47.3 Å². The Morgan fingerprint density at radius 2 is 2.00 bits per heavy atom. The number of carbonyl (C=O) groups is 1. The SMILES string of the molecule is C=CCOC(N)=O.OCC(O)CO. The lowest BCUT2D eigenvalue weighted by Crippen LogP contribution is -2.15. The van der Waals surface area contributed by atoms with Gasteiger partial charge in [-0.05, 0) is 0 Å². The van der Waals surface area contributed by atoms with E-state index in [-0.39, 0.29) is 19.8 Å². The normalized spacial score (nSPS) is 8.62. The van der Waals surface area contributed by atoms with Crippen LogP contribution in [0.2, 0.25) is 0 Å². The van der Waals surface area contributed by atoms with Gasteiger partial charge in [0.15, 0.2) is 0 Å². The average Bonchev–Trinajstić information content (AvgIpc) is 2.14. The van der Waals surface area contributed by atoms with Gasteiger partial charge in [0, 0.05) is 0 Å². The highest BCUT2D eigenvalue weighted by Crippen LogP contribution is 1.71. The van der Waals surface area contributed by atoms with E-state index < -0.39 is 12.2 Å². The predicted octanol–water partition coefficient (Wildman–Crippen LogP) is -1.40. The molecule has 1 amide bonds. The fraction of sp³-hybridized carbons (Fsp3) is 0.571. The van der Waals surface area contributed by atoms with Gasteiger partial charge in [-0.3, -0.25) is 0 Å². The number of nitrogens with two attached hydrogens (primary N) is 1. The molecule has 78 valence electrons. The van der Waals surface area contributed by atoms with Crippen LogP contribution in [0.4, 0.5) is 4.79 Å². The zero-order valence-electron chi connectivity index (χ0n) is 7.22. The number of amides is 1. The molecule has 5 N–H and O–H groups in total. The molecule has 0 aliphatic carbocycles. The molecule has 0 unspecified atom stereocenters. The summed E-state index contributed by atoms with van der Waals surface area (Å²) in [6, 6.07) is 0. The van der Waals surface area contributed by atoms with Crippen molar-refractivity contribution in [2.75, 3.05) is 19.8 Å². The van der Waals surface area contributed by atoms with Crippen LogP contribution in [0, 0.1) is 0 Å². The summed E-state index contributed by atoms with van der Waals surface area (Å²) in [4.78, 5) is 9.71. The second kappa shape index (κ2) is 10.9. The van der Waals surface area contributed by atoms with Gasteiger partial charge in [-0.25, -0.2) is 4.79 Å². The second-order valence-electron chi connectivity index (χ2n) is 1.94. The standard InChI is InChI=1S/C4H7NO2.C3H8O3/c1-2-3-7-4(5)6;4-1-3(6)2-5/h2H,1,3H2,(H2,5,6);3-6H,1-2H2. The number of hydrogen-bond donors (Lipinski definition) is 4. The summed E-state index contributed by atoms with van der Waals surface area (Å²) in [7, 11) is 0. The molecule has 0 bridgehead atoms. The smallest absolute Gasteiger partial charge is 0.404 e. The van der Waals surface area contributed by atoms with Crippen LogP contribution in [0.3, 0.4) is 0 Å². The molecular weight excluding hydrogens is 178 g/mol. The van der Waals surface area contributed by atoms with E-state index in [1.807, 2.05) is 0 Å². The van der Waals surface area contributed by atoms with Crippen molar-refractivity contribution in [1.82, 2.24) is 0 Å². The Labute approximate surface area is 76.2 Å². The summed E-state index contributed by atoms with van der Waals surface area (Å²) >= 11 is 0. The summed E-state index contributed by atoms with van der Waals surface area (Å²) in [5.41, 5.74) is 4.57. The number of aliphatic hydroxyl groups is 3. The van der Waals surface area contributed by atoms with Gasteiger partial charge in [0.2, 0.25) is 0 Å². The molecule has 0 spiro atoms. The first-order valence-corrected chi connectivity index (χ1v) is 3.51. The van der Waals surface area contributed by atoms with Gasteiger partial charge < -0.3 is 25.8 Å². The lowest BCUT2D eigenvalue weighted by atomic mass is 10.4. The number of primary amides is 1. The first-order valence-electron chi connectivity index (χ1n) is 3.51. The van der Waals surface area contributed by atoms with Crippen LogP contribution in [-0.2, 0) is 4.74 Å². The minimum absolute atomic E-state index is 0.190. The van der Waals surface area contributed by atoms with E-state index in [1.54, 1.807) is 0 Å². The van der Waals surface area contributed by atoms with E-state index in [2.05, 4.69) is 17.0 Å². The van der Waals surface area contributed by atoms with Gasteiger partial charge in [-0.15, -0.1) is 0 Å². The Morgan fingerprint density at radius 3 is 2.08 bits per heavy atom. The molecule has 0 aromatic carbocycles. The predicted molar refractivity (Wildman–Crippen MR) is 45.9 cm³/mol. The van der Waals surface area contributed by atoms with Crippen molar-refractivity contribution in [3.05, 3.63) is 12.7 Å². The highest BCUT2D eigenvalue weighted by atomic mass is 16.5. The summed E-state index contributed by atoms with van der Waals surface area (Å²) in [5, 5.41) is 24.0. The minimum atomic E-state index is -0.954. The molecule has 0 rings (SSSR count). The maximum atomic E-state index is 9.71. The first-order chi connectivity index (χ1) is 6.08. The molecule has 0 aliphatic heterocycles. The summed E-state index contributed by atoms with van der Waals surface area (Å²) < 4.78 is 4.21. The van der Waals surface area contributed by atoms with E-state index in [0.29, 0.717) is 0 Å². The third-order valence-electron chi connectivity index (χ3n) is 0.765. The van der Waals surface area contributed by atoms with Crippen LogP contribution in [0.15, 0.2) is 12.7 Å². The van der Waals surface area contributed by atoms with Crippen molar-refractivity contribution in [1.29, 1.82) is 0 Å². The maximum Gasteiger partial charge on any atom is 0.404 e. The number of ether oxygens (including phenoxy) is 1. The van der Waals surface area contributed by atoms with Gasteiger partial charge in [-0.2, -0.15) is 0 Å². The van der Waals surface area contributed by atoms with Crippen molar-refractivity contribution in [2.45, 2.75) is 6.10 Å². The molecule has 6 heteroatoms. The van der Waals surface area contributed by atoms with Gasteiger partial charge in [-0.1, -0.05) is 12.7 Å². The molecule has 13 heavy (non-hydrogen) atoms. The Morgan fingerprint density at radius 1 is 1.54 bits per heavy atom. The van der Waals surface area contributed by atoms with Crippen molar-refractivity contribution in [2.24, 2.45) is 5.73 Å². The Hall–Kier alpha value is -1.11. The molecule has 0 saturated heterocycles. The highest BCUT2D eigenvalue weighted by molar-refractivity contribution is 5.64. The van der Waals surface area contributed by atoms with Crippen molar-refractivity contribution in [3.63, 3.8) is 0 Å². The number of hydrogen-bond acceptors (Lipinski definition) is 5. The summed E-state index contributed by atoms with van der Waals surface area (Å²) in [6.07, 6.45) is -0.269. The molecular formula is C7H15NO5. The second-order valence-corrected chi connectivity index (χ2v) is 1.94. The van der Waals surface area contributed by atoms with E-state index >= 15 is 0 Å². The van der Waals surface area contributed by atoms with E-state index in [4.69, 9.17) is 15.3 Å². The molecule has 0 aromatic rings. The fourth-order valence-electron chi connectivity index (χ4n) is 0.199. The average molecular weight is 193 g/mol. The molecule has 0 saturated carbocycles. The molecule has 0 aromatic heterocycles. The topological polar surface area (TPSA) is 113 Å². The van der Waals surface area contributed by atoms with Crippen LogP contribution < -0.4 is 5.73 Å². The monoisotopic (exact) mass is 193 g/mol. The lowest BCUT2D eigenvalue weighted by molar-refractivity contribution is 0.0450. The third-order valence-corrected chi connectivity index (χ3v) is 0.765. The summed E-state index contributed by atoms with van der Waals surface area (Å²) in [6.45, 7) is 2.76. The highest BCUT2D eigenvalue weighted by Gasteiger charge is 1.93. The van der Waals surface area contributed by atoms with Crippen LogP contribution >= 0.6 is 0 Å². The minimum Gasteiger partial charge on any atom is -0.445 e. The van der Waals surface area contributed by atoms with Gasteiger partial charge in [0.25, 0.3) is 0 Å². The Balaban J connectivity index is 0. The lowest BCUT2D eigenvalue weighted by Gasteiger charge is -1.96.